The Balaban J connectivity index is 1.55. The summed E-state index contributed by atoms with van der Waals surface area (Å²) in [6.07, 6.45) is 2.44. The maximum Gasteiger partial charge on any atom is 0.414 e. The van der Waals surface area contributed by atoms with Gasteiger partial charge in [0.1, 0.15) is 17.4 Å². The zero-order chi connectivity index (χ0) is 33.1. The summed E-state index contributed by atoms with van der Waals surface area (Å²) < 4.78 is 28.1. The van der Waals surface area contributed by atoms with Crippen LogP contribution in [-0.4, -0.2) is 42.5 Å². The van der Waals surface area contributed by atoms with Crippen LogP contribution in [0.5, 0.6) is 11.6 Å². The van der Waals surface area contributed by atoms with E-state index in [1.165, 1.54) is 17.0 Å². The van der Waals surface area contributed by atoms with Crippen molar-refractivity contribution < 1.29 is 23.8 Å². The number of carbonyl (C=O) groups is 1. The molecule has 0 aliphatic carbocycles. The standard InChI is InChI=1S/C38H38FN3O4Si/c1-41(38(44)45-22-23-47(2,3)4)34-30-16-11-21-40-33(30)36(46-35(27-12-7-5-8-13-27)28-14-9-6-10-15-28)32-31(34)25-42(37(32)43)24-26-17-19-29(39)20-18-26/h5-21,25,35,43H,22-24H2,1-4H3. The lowest BCUT2D eigenvalue weighted by Gasteiger charge is -2.25. The van der Waals surface area contributed by atoms with E-state index in [2.05, 4.69) is 19.6 Å². The second-order valence-electron chi connectivity index (χ2n) is 12.9. The van der Waals surface area contributed by atoms with E-state index in [9.17, 15) is 14.3 Å². The molecule has 0 fully saturated rings. The van der Waals surface area contributed by atoms with Crippen molar-refractivity contribution in [2.45, 2.75) is 38.3 Å². The molecule has 47 heavy (non-hydrogen) atoms. The van der Waals surface area contributed by atoms with Crippen LogP contribution >= 0.6 is 0 Å². The number of ether oxygens (including phenoxy) is 2. The van der Waals surface area contributed by atoms with E-state index in [1.807, 2.05) is 72.8 Å². The number of amides is 1. The number of pyridine rings is 1. The number of carbonyl (C=O) groups excluding carboxylic acids is 1. The number of hydrogen-bond acceptors (Lipinski definition) is 5. The lowest BCUT2D eigenvalue weighted by Crippen LogP contribution is -2.30. The summed E-state index contributed by atoms with van der Waals surface area (Å²) in [6, 6.07) is 30.4. The van der Waals surface area contributed by atoms with E-state index < -0.39 is 20.3 Å². The SMILES string of the molecule is CN(C(=O)OCC[Si](C)(C)C)c1c2cccnc2c(OC(c2ccccc2)c2ccccc2)c2c(O)n(Cc3ccc(F)cc3)cc12. The van der Waals surface area contributed by atoms with Gasteiger partial charge in [-0.3, -0.25) is 9.88 Å². The normalized spacial score (nSPS) is 11.7. The lowest BCUT2D eigenvalue weighted by atomic mass is 10.0. The first-order chi connectivity index (χ1) is 22.6. The van der Waals surface area contributed by atoms with E-state index in [-0.39, 0.29) is 18.2 Å². The van der Waals surface area contributed by atoms with Gasteiger partial charge in [-0.25, -0.2) is 9.18 Å². The molecular weight excluding hydrogens is 610 g/mol. The Morgan fingerprint density at radius 2 is 1.55 bits per heavy atom. The molecule has 2 aromatic heterocycles. The van der Waals surface area contributed by atoms with Crippen molar-refractivity contribution >= 4 is 41.5 Å². The molecule has 4 aromatic carbocycles. The largest absolute Gasteiger partial charge is 0.494 e. The third-order valence-electron chi connectivity index (χ3n) is 8.20. The Bertz CT molecular complexity index is 1970. The highest BCUT2D eigenvalue weighted by molar-refractivity contribution is 6.76. The van der Waals surface area contributed by atoms with Crippen molar-refractivity contribution in [3.8, 4) is 11.6 Å². The van der Waals surface area contributed by atoms with Crippen LogP contribution in [-0.2, 0) is 11.3 Å². The summed E-state index contributed by atoms with van der Waals surface area (Å²) in [5.41, 5.74) is 3.67. The van der Waals surface area contributed by atoms with Crippen LogP contribution in [0.3, 0.4) is 0 Å². The van der Waals surface area contributed by atoms with Gasteiger partial charge in [0.2, 0.25) is 5.88 Å². The number of nitrogens with zero attached hydrogens (tertiary/aromatic N) is 3. The van der Waals surface area contributed by atoms with Crippen molar-refractivity contribution in [1.29, 1.82) is 0 Å². The molecule has 1 N–H and O–H groups in total. The van der Waals surface area contributed by atoms with Crippen LogP contribution in [0.1, 0.15) is 22.8 Å². The van der Waals surface area contributed by atoms with Crippen LogP contribution in [0.15, 0.2) is 109 Å². The molecule has 7 nitrogen and oxygen atoms in total. The minimum Gasteiger partial charge on any atom is -0.494 e. The summed E-state index contributed by atoms with van der Waals surface area (Å²) in [4.78, 5) is 19.8. The Labute approximate surface area is 274 Å². The lowest BCUT2D eigenvalue weighted by molar-refractivity contribution is 0.161. The molecule has 0 bridgehead atoms. The predicted octanol–water partition coefficient (Wildman–Crippen LogP) is 9.16. The molecular formula is C38H38FN3O4Si. The van der Waals surface area contributed by atoms with Crippen LogP contribution in [0, 0.1) is 5.82 Å². The zero-order valence-electron chi connectivity index (χ0n) is 27.0. The number of aromatic nitrogens is 2. The molecule has 240 valence electrons. The number of rotatable bonds is 10. The fourth-order valence-electron chi connectivity index (χ4n) is 5.71. The minimum absolute atomic E-state index is 0.0616. The van der Waals surface area contributed by atoms with Crippen molar-refractivity contribution in [3.05, 3.63) is 132 Å². The van der Waals surface area contributed by atoms with E-state index in [4.69, 9.17) is 14.5 Å². The average molecular weight is 648 g/mol. The first-order valence-electron chi connectivity index (χ1n) is 15.6. The van der Waals surface area contributed by atoms with Gasteiger partial charge in [-0.2, -0.15) is 0 Å². The molecule has 0 saturated heterocycles. The monoisotopic (exact) mass is 647 g/mol. The molecule has 0 unspecified atom stereocenters. The Kier molecular flexibility index (Phi) is 9.00. The van der Waals surface area contributed by atoms with Gasteiger partial charge in [0.15, 0.2) is 5.75 Å². The molecule has 0 aliphatic rings. The topological polar surface area (TPSA) is 76.8 Å². The Morgan fingerprint density at radius 1 is 0.915 bits per heavy atom. The van der Waals surface area contributed by atoms with Crippen LogP contribution in [0.4, 0.5) is 14.9 Å². The Hall–Kier alpha value is -5.15. The summed E-state index contributed by atoms with van der Waals surface area (Å²) in [7, 11) is 0.238. The van der Waals surface area contributed by atoms with Gasteiger partial charge in [0.25, 0.3) is 0 Å². The summed E-state index contributed by atoms with van der Waals surface area (Å²) in [5.74, 6) is -0.0190. The molecule has 0 atom stereocenters. The van der Waals surface area contributed by atoms with E-state index in [0.29, 0.717) is 39.7 Å². The molecule has 2 heterocycles. The number of hydrogen-bond donors (Lipinski definition) is 1. The smallest absolute Gasteiger partial charge is 0.414 e. The number of halogens is 1. The van der Waals surface area contributed by atoms with E-state index in [0.717, 1.165) is 22.7 Å². The molecule has 0 radical (unpaired) electrons. The van der Waals surface area contributed by atoms with Crippen LogP contribution in [0.25, 0.3) is 21.7 Å². The van der Waals surface area contributed by atoms with Crippen molar-refractivity contribution in [3.63, 3.8) is 0 Å². The van der Waals surface area contributed by atoms with Gasteiger partial charge in [-0.15, -0.1) is 0 Å². The third kappa shape index (κ3) is 6.85. The van der Waals surface area contributed by atoms with E-state index in [1.54, 1.807) is 36.1 Å². The molecule has 6 aromatic rings. The highest BCUT2D eigenvalue weighted by Crippen LogP contribution is 2.48. The second kappa shape index (κ2) is 13.3. The second-order valence-corrected chi connectivity index (χ2v) is 18.5. The van der Waals surface area contributed by atoms with Gasteiger partial charge in [-0.05, 0) is 47.0 Å². The van der Waals surface area contributed by atoms with Gasteiger partial charge < -0.3 is 19.1 Å². The minimum atomic E-state index is -1.43. The number of benzene rings is 4. The fraction of sp³-hybridized carbons (Fsp3) is 0.211. The summed E-state index contributed by atoms with van der Waals surface area (Å²) in [5, 5.41) is 13.6. The molecule has 1 amide bonds. The average Bonchev–Trinajstić information content (AvgIpc) is 3.38. The third-order valence-corrected chi connectivity index (χ3v) is 9.91. The Morgan fingerprint density at radius 3 is 2.17 bits per heavy atom. The highest BCUT2D eigenvalue weighted by atomic mass is 28.3. The number of aromatic hydroxyl groups is 1. The van der Waals surface area contributed by atoms with Gasteiger partial charge >= 0.3 is 6.09 Å². The molecule has 0 spiro atoms. The van der Waals surface area contributed by atoms with Gasteiger partial charge in [-0.1, -0.05) is 92.4 Å². The highest BCUT2D eigenvalue weighted by Gasteiger charge is 2.29. The fourth-order valence-corrected chi connectivity index (χ4v) is 6.42. The van der Waals surface area contributed by atoms with Crippen LogP contribution in [0.2, 0.25) is 25.7 Å². The maximum atomic E-state index is 13.7. The van der Waals surface area contributed by atoms with Crippen molar-refractivity contribution in [1.82, 2.24) is 9.55 Å². The molecule has 0 saturated carbocycles. The molecule has 0 aliphatic heterocycles. The summed E-state index contributed by atoms with van der Waals surface area (Å²) in [6.45, 7) is 7.28. The van der Waals surface area contributed by atoms with Gasteiger partial charge in [0, 0.05) is 38.3 Å². The first-order valence-corrected chi connectivity index (χ1v) is 19.4. The van der Waals surface area contributed by atoms with E-state index >= 15 is 0 Å². The summed E-state index contributed by atoms with van der Waals surface area (Å²) >= 11 is 0. The number of fused-ring (bicyclic) bond motifs is 2. The molecule has 9 heteroatoms. The first kappa shape index (κ1) is 31.8. The molecule has 6 rings (SSSR count). The number of anilines is 1. The van der Waals surface area contributed by atoms with Crippen molar-refractivity contribution in [2.75, 3.05) is 18.6 Å². The predicted molar refractivity (Wildman–Crippen MR) is 188 cm³/mol. The van der Waals surface area contributed by atoms with Crippen molar-refractivity contribution in [2.24, 2.45) is 0 Å². The zero-order valence-corrected chi connectivity index (χ0v) is 28.0. The van der Waals surface area contributed by atoms with Gasteiger partial charge in [0.05, 0.1) is 24.2 Å². The van der Waals surface area contributed by atoms with Crippen LogP contribution < -0.4 is 9.64 Å². The quantitative estimate of drug-likeness (QED) is 0.150. The maximum absolute atomic E-state index is 13.7.